The van der Waals surface area contributed by atoms with Gasteiger partial charge in [-0.25, -0.2) is 0 Å². The molecule has 3 nitrogen and oxygen atoms in total. The number of hydrogen-bond donors (Lipinski definition) is 2. The van der Waals surface area contributed by atoms with Crippen LogP contribution >= 0.6 is 0 Å². The van der Waals surface area contributed by atoms with Crippen LogP contribution in [0, 0.1) is 11.8 Å². The first kappa shape index (κ1) is 12.7. The van der Waals surface area contributed by atoms with E-state index in [0.29, 0.717) is 24.1 Å². The lowest BCUT2D eigenvalue weighted by Gasteiger charge is -2.46. The van der Waals surface area contributed by atoms with Gasteiger partial charge in [0.1, 0.15) is 6.04 Å². The molecule has 2 fully saturated rings. The van der Waals surface area contributed by atoms with Gasteiger partial charge in [-0.2, -0.15) is 0 Å². The van der Waals surface area contributed by atoms with E-state index in [0.717, 1.165) is 13.0 Å². The molecule has 0 aliphatic carbocycles. The number of ether oxygens (including phenoxy) is 1. The fourth-order valence-corrected chi connectivity index (χ4v) is 4.63. The first-order valence-electron chi connectivity index (χ1n) is 8.24. The molecule has 22 heavy (non-hydrogen) atoms. The molecule has 0 spiro atoms. The lowest BCUT2D eigenvalue weighted by Crippen LogP contribution is -3.14. The van der Waals surface area contributed by atoms with E-state index in [1.165, 1.54) is 33.5 Å². The van der Waals surface area contributed by atoms with Crippen LogP contribution in [0.5, 0.6) is 0 Å². The number of benzene rings is 1. The van der Waals surface area contributed by atoms with Gasteiger partial charge in [0.25, 0.3) is 0 Å². The normalized spacial score (nSPS) is 35.9. The molecule has 5 rings (SSSR count). The highest BCUT2D eigenvalue weighted by Crippen LogP contribution is 2.39. The van der Waals surface area contributed by atoms with Gasteiger partial charge in [0.15, 0.2) is 6.23 Å². The number of nitrogens with one attached hydrogen (secondary N) is 2. The summed E-state index contributed by atoms with van der Waals surface area (Å²) in [6, 6.07) is 9.10. The van der Waals surface area contributed by atoms with Gasteiger partial charge >= 0.3 is 0 Å². The fourth-order valence-electron chi connectivity index (χ4n) is 4.63. The third kappa shape index (κ3) is 1.64. The summed E-state index contributed by atoms with van der Waals surface area (Å²) in [6.07, 6.45) is 9.37. The summed E-state index contributed by atoms with van der Waals surface area (Å²) in [4.78, 5) is 5.15. The van der Waals surface area contributed by atoms with Crippen LogP contribution in [0.1, 0.15) is 30.1 Å². The maximum absolute atomic E-state index is 6.14. The second-order valence-corrected chi connectivity index (χ2v) is 6.84. The van der Waals surface area contributed by atoms with Crippen LogP contribution in [0.15, 0.2) is 43.1 Å². The number of piperidine rings is 1. The molecule has 0 amide bonds. The topological polar surface area (TPSA) is 29.5 Å². The summed E-state index contributed by atoms with van der Waals surface area (Å²) in [7, 11) is 0. The van der Waals surface area contributed by atoms with Crippen LogP contribution in [-0.4, -0.2) is 17.8 Å². The minimum atomic E-state index is 0.302. The fraction of sp³-hybridized carbons (Fsp3) is 0.368. The predicted molar refractivity (Wildman–Crippen MR) is 87.2 cm³/mol. The molecule has 3 heteroatoms. The summed E-state index contributed by atoms with van der Waals surface area (Å²) < 4.78 is 6.14. The number of rotatable bonds is 1. The Morgan fingerprint density at radius 3 is 3.09 bits per heavy atom. The lowest BCUT2D eigenvalue weighted by molar-refractivity contribution is -0.941. The Bertz CT molecular complexity index is 775. The lowest BCUT2D eigenvalue weighted by atomic mass is 9.77. The van der Waals surface area contributed by atoms with Gasteiger partial charge in [-0.15, -0.1) is 6.58 Å². The average Bonchev–Trinajstić information content (AvgIpc) is 2.94. The number of quaternary nitrogens is 1. The standard InChI is InChI=1S/C19H20N2O/c1-2-12-11-22-18-10-13(12)9-17-19-15(7-8-21(17)18)14-5-3-4-6-16(14)20-19/h2-8,12-13,17-18,20H,1,9-11H2/p+1/t12-,13-,17?,18-/m0/s1. The Balaban J connectivity index is 1.62. The number of aromatic amines is 1. The van der Waals surface area contributed by atoms with Crippen molar-refractivity contribution < 1.29 is 9.64 Å². The van der Waals surface area contributed by atoms with E-state index in [9.17, 15) is 0 Å². The van der Waals surface area contributed by atoms with Crippen molar-refractivity contribution in [1.82, 2.24) is 4.98 Å². The van der Waals surface area contributed by atoms with Crippen molar-refractivity contribution in [2.75, 3.05) is 6.61 Å². The zero-order chi connectivity index (χ0) is 14.7. The molecule has 5 atom stereocenters. The van der Waals surface area contributed by atoms with Crippen LogP contribution < -0.4 is 4.90 Å². The smallest absolute Gasteiger partial charge is 0.196 e. The molecule has 2 N–H and O–H groups in total. The Labute approximate surface area is 130 Å². The highest BCUT2D eigenvalue weighted by molar-refractivity contribution is 5.90. The third-order valence-corrected chi connectivity index (χ3v) is 5.80. The molecule has 1 aromatic carbocycles. The summed E-state index contributed by atoms with van der Waals surface area (Å²) in [5.74, 6) is 1.22. The molecule has 2 bridgehead atoms. The Kier molecular flexibility index (Phi) is 2.64. The van der Waals surface area contributed by atoms with Gasteiger partial charge < -0.3 is 9.72 Å². The first-order chi connectivity index (χ1) is 10.8. The van der Waals surface area contributed by atoms with Gasteiger partial charge in [0.2, 0.25) is 0 Å². The van der Waals surface area contributed by atoms with Crippen LogP contribution in [0.4, 0.5) is 0 Å². The van der Waals surface area contributed by atoms with E-state index in [1.54, 1.807) is 0 Å². The largest absolute Gasteiger partial charge is 0.353 e. The third-order valence-electron chi connectivity index (χ3n) is 5.80. The van der Waals surface area contributed by atoms with E-state index >= 15 is 0 Å². The van der Waals surface area contributed by atoms with Crippen molar-refractivity contribution in [1.29, 1.82) is 0 Å². The molecule has 0 saturated carbocycles. The number of H-pyrrole nitrogens is 1. The number of hydrogen-bond acceptors (Lipinski definition) is 1. The molecule has 112 valence electrons. The second kappa shape index (κ2) is 4.58. The molecule has 2 unspecified atom stereocenters. The quantitative estimate of drug-likeness (QED) is 0.778. The molecule has 2 saturated heterocycles. The molecular formula is C19H21N2O+. The van der Waals surface area contributed by atoms with Crippen molar-refractivity contribution in [3.63, 3.8) is 0 Å². The summed E-state index contributed by atoms with van der Waals surface area (Å²) in [6.45, 7) is 4.84. The van der Waals surface area contributed by atoms with Crippen LogP contribution in [0.25, 0.3) is 17.0 Å². The second-order valence-electron chi connectivity index (χ2n) is 6.84. The highest BCUT2D eigenvalue weighted by atomic mass is 16.5. The van der Waals surface area contributed by atoms with Crippen molar-refractivity contribution >= 4 is 17.0 Å². The molecule has 2 aromatic rings. The van der Waals surface area contributed by atoms with E-state index in [4.69, 9.17) is 4.74 Å². The molecule has 3 aliphatic rings. The Morgan fingerprint density at radius 1 is 1.27 bits per heavy atom. The van der Waals surface area contributed by atoms with E-state index in [2.05, 4.69) is 54.2 Å². The van der Waals surface area contributed by atoms with Crippen LogP contribution in [0.3, 0.4) is 0 Å². The molecule has 1 aromatic heterocycles. The SMILES string of the molecule is C=C[C@H]1CO[C@H]2C[C@@H]1CC1c3[nH]c4ccccc4c3C=C[NH+]12. The zero-order valence-electron chi connectivity index (χ0n) is 12.6. The number of fused-ring (bicyclic) bond motifs is 8. The van der Waals surface area contributed by atoms with E-state index in [-0.39, 0.29) is 0 Å². The predicted octanol–water partition coefficient (Wildman–Crippen LogP) is 2.65. The molecule has 3 aliphatic heterocycles. The van der Waals surface area contributed by atoms with Crippen LogP contribution in [-0.2, 0) is 4.74 Å². The summed E-state index contributed by atoms with van der Waals surface area (Å²) in [5, 5.41) is 1.34. The summed E-state index contributed by atoms with van der Waals surface area (Å²) in [5.41, 5.74) is 4.01. The van der Waals surface area contributed by atoms with Gasteiger partial charge in [-0.05, 0) is 12.0 Å². The van der Waals surface area contributed by atoms with Crippen molar-refractivity contribution in [2.45, 2.75) is 25.1 Å². The highest BCUT2D eigenvalue weighted by Gasteiger charge is 2.47. The van der Waals surface area contributed by atoms with Crippen molar-refractivity contribution in [2.24, 2.45) is 11.8 Å². The first-order valence-corrected chi connectivity index (χ1v) is 8.24. The van der Waals surface area contributed by atoms with Gasteiger partial charge in [0.05, 0.1) is 18.5 Å². The summed E-state index contributed by atoms with van der Waals surface area (Å²) >= 11 is 0. The number of para-hydroxylation sites is 1. The average molecular weight is 293 g/mol. The maximum Gasteiger partial charge on any atom is 0.196 e. The minimum Gasteiger partial charge on any atom is -0.353 e. The van der Waals surface area contributed by atoms with Gasteiger partial charge in [0, 0.05) is 41.3 Å². The van der Waals surface area contributed by atoms with E-state index < -0.39 is 0 Å². The van der Waals surface area contributed by atoms with Crippen molar-refractivity contribution in [3.05, 3.63) is 54.4 Å². The molecule has 0 radical (unpaired) electrons. The van der Waals surface area contributed by atoms with Crippen LogP contribution in [0.2, 0.25) is 0 Å². The van der Waals surface area contributed by atoms with Gasteiger partial charge in [-0.3, -0.25) is 4.90 Å². The van der Waals surface area contributed by atoms with Crippen molar-refractivity contribution in [3.8, 4) is 0 Å². The monoisotopic (exact) mass is 293 g/mol. The zero-order valence-corrected chi connectivity index (χ0v) is 12.6. The molecule has 4 heterocycles. The maximum atomic E-state index is 6.14. The van der Waals surface area contributed by atoms with E-state index in [1.807, 2.05) is 0 Å². The Hall–Kier alpha value is -1.84. The minimum absolute atomic E-state index is 0.302. The Morgan fingerprint density at radius 2 is 2.18 bits per heavy atom. The van der Waals surface area contributed by atoms with Gasteiger partial charge in [-0.1, -0.05) is 24.3 Å². The molecular weight excluding hydrogens is 272 g/mol. The number of aromatic nitrogens is 1.